The van der Waals surface area contributed by atoms with Crippen molar-refractivity contribution in [3.8, 4) is 11.3 Å². The van der Waals surface area contributed by atoms with Gasteiger partial charge in [-0.1, -0.05) is 23.7 Å². The largest absolute Gasteiger partial charge is 0.416 e. The average Bonchev–Trinajstić information content (AvgIpc) is 3.38. The van der Waals surface area contributed by atoms with Crippen molar-refractivity contribution in [3.05, 3.63) is 70.9 Å². The molecule has 1 aliphatic rings. The first-order chi connectivity index (χ1) is 20.5. The third-order valence-electron chi connectivity index (χ3n) is 6.88. The molecule has 43 heavy (non-hydrogen) atoms. The van der Waals surface area contributed by atoms with Crippen LogP contribution < -0.4 is 11.1 Å². The number of rotatable bonds is 8. The summed E-state index contributed by atoms with van der Waals surface area (Å²) in [5.74, 6) is -0.180. The first-order valence-electron chi connectivity index (χ1n) is 13.2. The maximum atomic E-state index is 13.0. The first kappa shape index (κ1) is 30.2. The number of aromatic nitrogens is 4. The first-order valence-corrected chi connectivity index (χ1v) is 13.6. The molecule has 3 aromatic heterocycles. The van der Waals surface area contributed by atoms with Crippen LogP contribution in [0.5, 0.6) is 0 Å². The molecule has 15 heteroatoms. The molecule has 0 aliphatic carbocycles. The summed E-state index contributed by atoms with van der Waals surface area (Å²) in [6.45, 7) is 1.56. The fraction of sp³-hybridized carbons (Fsp3) is 0.321. The molecular formula is C28H27ClF3N7O4. The number of morpholine rings is 1. The molecule has 0 bridgehead atoms. The number of anilines is 2. The molecule has 2 amide bonds. The number of pyridine rings is 1. The Labute approximate surface area is 248 Å². The Morgan fingerprint density at radius 1 is 1.21 bits per heavy atom. The van der Waals surface area contributed by atoms with E-state index in [0.29, 0.717) is 55.3 Å². The summed E-state index contributed by atoms with van der Waals surface area (Å²) in [7, 11) is 1.54. The van der Waals surface area contributed by atoms with Crippen LogP contribution >= 0.6 is 11.6 Å². The number of hydrogen-bond acceptors (Lipinski definition) is 8. The van der Waals surface area contributed by atoms with Gasteiger partial charge in [0.15, 0.2) is 0 Å². The van der Waals surface area contributed by atoms with E-state index in [1.54, 1.807) is 28.5 Å². The monoisotopic (exact) mass is 617 g/mol. The number of ether oxygens (including phenoxy) is 2. The Hall–Kier alpha value is -4.27. The number of alkyl halides is 3. The van der Waals surface area contributed by atoms with Crippen LogP contribution in [0.2, 0.25) is 5.15 Å². The van der Waals surface area contributed by atoms with Gasteiger partial charge in [0.25, 0.3) is 5.91 Å². The van der Waals surface area contributed by atoms with E-state index < -0.39 is 17.6 Å². The molecule has 1 fully saturated rings. The van der Waals surface area contributed by atoms with Gasteiger partial charge in [0.2, 0.25) is 5.91 Å². The molecule has 1 aliphatic heterocycles. The highest BCUT2D eigenvalue weighted by atomic mass is 35.5. The minimum atomic E-state index is -4.57. The zero-order valence-electron chi connectivity index (χ0n) is 22.9. The second-order valence-corrected chi connectivity index (χ2v) is 10.2. The second kappa shape index (κ2) is 12.5. The van der Waals surface area contributed by atoms with Crippen LogP contribution in [0, 0.1) is 0 Å². The van der Waals surface area contributed by atoms with Crippen molar-refractivity contribution in [3.63, 3.8) is 0 Å². The molecule has 3 N–H and O–H groups in total. The Kier molecular flexibility index (Phi) is 8.80. The summed E-state index contributed by atoms with van der Waals surface area (Å²) >= 11 is 6.53. The van der Waals surface area contributed by atoms with Crippen LogP contribution in [0.1, 0.15) is 28.2 Å². The van der Waals surface area contributed by atoms with Gasteiger partial charge in [0.1, 0.15) is 33.8 Å². The Morgan fingerprint density at radius 2 is 1.98 bits per heavy atom. The quantitative estimate of drug-likeness (QED) is 0.302. The minimum Gasteiger partial charge on any atom is -0.384 e. The van der Waals surface area contributed by atoms with Crippen molar-refractivity contribution in [1.29, 1.82) is 0 Å². The lowest BCUT2D eigenvalue weighted by molar-refractivity contribution is -0.139. The topological polar surface area (TPSA) is 137 Å². The highest BCUT2D eigenvalue weighted by Gasteiger charge is 2.31. The molecule has 0 radical (unpaired) electrons. The van der Waals surface area contributed by atoms with Crippen LogP contribution in [0.25, 0.3) is 16.8 Å². The summed E-state index contributed by atoms with van der Waals surface area (Å²) < 4.78 is 51.7. The van der Waals surface area contributed by atoms with Gasteiger partial charge in [-0.05, 0) is 24.3 Å². The minimum absolute atomic E-state index is 0.0248. The van der Waals surface area contributed by atoms with Crippen LogP contribution in [-0.4, -0.2) is 75.6 Å². The van der Waals surface area contributed by atoms with Crippen LogP contribution in [0.3, 0.4) is 0 Å². The second-order valence-electron chi connectivity index (χ2n) is 9.77. The number of nitrogens with two attached hydrogens (primary N) is 1. The molecular weight excluding hydrogens is 591 g/mol. The normalized spacial score (nSPS) is 15.6. The number of nitrogens with one attached hydrogen (secondary N) is 1. The fourth-order valence-electron chi connectivity index (χ4n) is 4.78. The standard InChI is InChI=1S/C28H27ClF3N7O4/c1-42-10-7-23(40)38-9-11-43-19(15-38)13-22-37-24(25-26(33)35-14-20(29)39(22)25)16-2-4-17(5-3-16)27(41)36-21-12-18(6-8-34-21)28(30,31)32/h2-6,8,12,14,19H,7,9-11,13,15H2,1H3,(H2,33,35)(H,34,36,41). The predicted octanol–water partition coefficient (Wildman–Crippen LogP) is 4.10. The molecule has 0 spiro atoms. The number of nitrogen functional groups attached to an aromatic ring is 1. The molecule has 11 nitrogen and oxygen atoms in total. The summed E-state index contributed by atoms with van der Waals surface area (Å²) in [5.41, 5.74) is 7.01. The number of methoxy groups -OCH3 is 1. The lowest BCUT2D eigenvalue weighted by Crippen LogP contribution is -2.46. The van der Waals surface area contributed by atoms with E-state index in [-0.39, 0.29) is 40.8 Å². The Morgan fingerprint density at radius 3 is 2.70 bits per heavy atom. The van der Waals surface area contributed by atoms with Crippen molar-refractivity contribution < 1.29 is 32.2 Å². The van der Waals surface area contributed by atoms with Gasteiger partial charge in [-0.2, -0.15) is 13.2 Å². The highest BCUT2D eigenvalue weighted by Crippen LogP contribution is 2.32. The van der Waals surface area contributed by atoms with Crippen molar-refractivity contribution in [2.75, 3.05) is 44.5 Å². The lowest BCUT2D eigenvalue weighted by Gasteiger charge is -2.32. The van der Waals surface area contributed by atoms with Gasteiger partial charge < -0.3 is 25.4 Å². The number of nitrogens with zero attached hydrogens (tertiary/aromatic N) is 5. The van der Waals surface area contributed by atoms with E-state index in [0.717, 1.165) is 18.3 Å². The summed E-state index contributed by atoms with van der Waals surface area (Å²) in [5, 5.41) is 2.65. The van der Waals surface area contributed by atoms with E-state index in [1.165, 1.54) is 18.3 Å². The van der Waals surface area contributed by atoms with E-state index >= 15 is 0 Å². The van der Waals surface area contributed by atoms with Gasteiger partial charge in [-0.3, -0.25) is 14.0 Å². The smallest absolute Gasteiger partial charge is 0.384 e. The maximum Gasteiger partial charge on any atom is 0.416 e. The zero-order chi connectivity index (χ0) is 30.7. The van der Waals surface area contributed by atoms with Gasteiger partial charge in [-0.15, -0.1) is 0 Å². The fourth-order valence-corrected chi connectivity index (χ4v) is 5.01. The van der Waals surface area contributed by atoms with E-state index in [4.69, 9.17) is 31.8 Å². The van der Waals surface area contributed by atoms with Crippen molar-refractivity contribution in [1.82, 2.24) is 24.3 Å². The molecule has 1 saturated heterocycles. The number of halogens is 4. The summed E-state index contributed by atoms with van der Waals surface area (Å²) in [6.07, 6.45) is -1.93. The number of fused-ring (bicyclic) bond motifs is 1. The SMILES string of the molecule is COCCC(=O)N1CCOC(Cc2nc(-c3ccc(C(=O)Nc4cc(C(F)(F)F)ccn4)cc3)c3c(N)ncc(Cl)n23)C1. The van der Waals surface area contributed by atoms with Crippen molar-refractivity contribution in [2.24, 2.45) is 0 Å². The Bertz CT molecular complexity index is 1650. The third kappa shape index (κ3) is 6.71. The van der Waals surface area contributed by atoms with Gasteiger partial charge in [-0.25, -0.2) is 15.0 Å². The molecule has 1 aromatic carbocycles. The molecule has 0 saturated carbocycles. The molecule has 1 unspecified atom stereocenters. The summed E-state index contributed by atoms with van der Waals surface area (Å²) in [4.78, 5) is 39.8. The number of carbonyl (C=O) groups is 2. The predicted molar refractivity (Wildman–Crippen MR) is 152 cm³/mol. The van der Waals surface area contributed by atoms with Crippen LogP contribution in [0.4, 0.5) is 24.8 Å². The van der Waals surface area contributed by atoms with Crippen molar-refractivity contribution in [2.45, 2.75) is 25.1 Å². The zero-order valence-corrected chi connectivity index (χ0v) is 23.7. The van der Waals surface area contributed by atoms with Crippen LogP contribution in [-0.2, 0) is 26.9 Å². The van der Waals surface area contributed by atoms with E-state index in [2.05, 4.69) is 15.3 Å². The van der Waals surface area contributed by atoms with Gasteiger partial charge >= 0.3 is 6.18 Å². The maximum absolute atomic E-state index is 13.0. The highest BCUT2D eigenvalue weighted by molar-refractivity contribution is 6.30. The third-order valence-corrected chi connectivity index (χ3v) is 7.15. The van der Waals surface area contributed by atoms with Crippen molar-refractivity contribution >= 4 is 40.6 Å². The summed E-state index contributed by atoms with van der Waals surface area (Å²) in [6, 6.07) is 7.85. The number of carbonyl (C=O) groups excluding carboxylic acids is 2. The Balaban J connectivity index is 1.38. The average molecular weight is 618 g/mol. The molecule has 4 aromatic rings. The van der Waals surface area contributed by atoms with Gasteiger partial charge in [0, 0.05) is 43.9 Å². The number of amides is 2. The number of imidazole rings is 1. The van der Waals surface area contributed by atoms with E-state index in [9.17, 15) is 22.8 Å². The van der Waals surface area contributed by atoms with Crippen LogP contribution in [0.15, 0.2) is 48.8 Å². The molecule has 4 heterocycles. The number of benzene rings is 1. The van der Waals surface area contributed by atoms with E-state index in [1.807, 2.05) is 0 Å². The lowest BCUT2D eigenvalue weighted by atomic mass is 10.1. The van der Waals surface area contributed by atoms with Gasteiger partial charge in [0.05, 0.1) is 37.5 Å². The number of hydrogen-bond donors (Lipinski definition) is 2. The molecule has 5 rings (SSSR count). The molecule has 226 valence electrons. The molecule has 1 atom stereocenters.